The lowest BCUT2D eigenvalue weighted by Gasteiger charge is -2.12. The number of esters is 1. The molecule has 150 valence electrons. The van der Waals surface area contributed by atoms with Gasteiger partial charge >= 0.3 is 5.97 Å². The number of thiazole rings is 1. The summed E-state index contributed by atoms with van der Waals surface area (Å²) < 4.78 is 19.1. The number of rotatable bonds is 5. The van der Waals surface area contributed by atoms with E-state index in [0.29, 0.717) is 15.6 Å². The first-order valence-electron chi connectivity index (χ1n) is 8.63. The summed E-state index contributed by atoms with van der Waals surface area (Å²) in [7, 11) is 0. The van der Waals surface area contributed by atoms with Crippen molar-refractivity contribution in [2.24, 2.45) is 0 Å². The Hall–Kier alpha value is -3.40. The molecule has 0 bridgehead atoms. The Labute approximate surface area is 169 Å². The third-order valence-corrected chi connectivity index (χ3v) is 4.90. The molecular formula is C19H17FN4O4S. The van der Waals surface area contributed by atoms with Crippen LogP contribution in [0, 0.1) is 19.7 Å². The molecule has 0 aliphatic carbocycles. The summed E-state index contributed by atoms with van der Waals surface area (Å²) >= 11 is 1.19. The van der Waals surface area contributed by atoms with Crippen LogP contribution in [-0.4, -0.2) is 33.2 Å². The molecule has 0 fully saturated rings. The molecule has 0 unspecified atom stereocenters. The summed E-state index contributed by atoms with van der Waals surface area (Å²) in [6.45, 7) is 5.16. The molecule has 0 spiro atoms. The first-order valence-corrected chi connectivity index (χ1v) is 9.44. The van der Waals surface area contributed by atoms with Crippen molar-refractivity contribution in [3.05, 3.63) is 67.8 Å². The molecule has 0 saturated carbocycles. The van der Waals surface area contributed by atoms with Gasteiger partial charge in [0.1, 0.15) is 10.7 Å². The molecule has 2 heterocycles. The third kappa shape index (κ3) is 4.37. The first kappa shape index (κ1) is 20.3. The van der Waals surface area contributed by atoms with Crippen molar-refractivity contribution in [3.8, 4) is 5.69 Å². The van der Waals surface area contributed by atoms with Gasteiger partial charge in [0.15, 0.2) is 5.69 Å². The SMILES string of the molecule is CCOC(=O)c1nn(-c2ccc(F)cc2)c(=O)cc1NC(=O)c1sc(C)nc1C. The average molecular weight is 416 g/mol. The average Bonchev–Trinajstić information content (AvgIpc) is 3.01. The van der Waals surface area contributed by atoms with Crippen LogP contribution in [0.3, 0.4) is 0 Å². The third-order valence-electron chi connectivity index (χ3n) is 3.83. The molecule has 8 nitrogen and oxygen atoms in total. The topological polar surface area (TPSA) is 103 Å². The Morgan fingerprint density at radius 3 is 2.52 bits per heavy atom. The normalized spacial score (nSPS) is 10.6. The maximum atomic E-state index is 13.2. The minimum absolute atomic E-state index is 0.0801. The summed E-state index contributed by atoms with van der Waals surface area (Å²) in [4.78, 5) is 42.1. The van der Waals surface area contributed by atoms with Crippen LogP contribution in [0.1, 0.15) is 37.8 Å². The monoisotopic (exact) mass is 416 g/mol. The summed E-state index contributed by atoms with van der Waals surface area (Å²) in [6, 6.07) is 6.10. The minimum atomic E-state index is -0.809. The number of nitrogens with zero attached hydrogens (tertiary/aromatic N) is 3. The van der Waals surface area contributed by atoms with E-state index in [2.05, 4.69) is 15.4 Å². The van der Waals surface area contributed by atoms with Crippen LogP contribution in [0.4, 0.5) is 10.1 Å². The second-order valence-electron chi connectivity index (χ2n) is 5.96. The van der Waals surface area contributed by atoms with Gasteiger partial charge in [-0.2, -0.15) is 9.78 Å². The van der Waals surface area contributed by atoms with E-state index in [1.54, 1.807) is 20.8 Å². The molecule has 0 atom stereocenters. The van der Waals surface area contributed by atoms with E-state index in [9.17, 15) is 18.8 Å². The molecule has 1 aromatic carbocycles. The number of benzene rings is 1. The van der Waals surface area contributed by atoms with Gasteiger partial charge in [-0.15, -0.1) is 11.3 Å². The number of aryl methyl sites for hydroxylation is 2. The van der Waals surface area contributed by atoms with Gasteiger partial charge in [0.2, 0.25) is 0 Å². The van der Waals surface area contributed by atoms with Gasteiger partial charge in [-0.3, -0.25) is 9.59 Å². The molecule has 10 heteroatoms. The van der Waals surface area contributed by atoms with Crippen LogP contribution in [-0.2, 0) is 4.74 Å². The number of carbonyl (C=O) groups is 2. The van der Waals surface area contributed by atoms with E-state index in [1.807, 2.05) is 0 Å². The summed E-state index contributed by atoms with van der Waals surface area (Å²) in [5.74, 6) is -1.80. The van der Waals surface area contributed by atoms with Gasteiger partial charge in [0, 0.05) is 6.07 Å². The van der Waals surface area contributed by atoms with Crippen LogP contribution in [0.25, 0.3) is 5.69 Å². The fraction of sp³-hybridized carbons (Fsp3) is 0.211. The van der Waals surface area contributed by atoms with Gasteiger partial charge in [-0.1, -0.05) is 0 Å². The van der Waals surface area contributed by atoms with Crippen LogP contribution < -0.4 is 10.9 Å². The van der Waals surface area contributed by atoms with Crippen LogP contribution in [0.15, 0.2) is 35.1 Å². The van der Waals surface area contributed by atoms with Crippen molar-refractivity contribution in [1.29, 1.82) is 0 Å². The van der Waals surface area contributed by atoms with E-state index in [1.165, 1.54) is 23.5 Å². The van der Waals surface area contributed by atoms with E-state index >= 15 is 0 Å². The zero-order chi connectivity index (χ0) is 21.1. The highest BCUT2D eigenvalue weighted by molar-refractivity contribution is 7.13. The van der Waals surface area contributed by atoms with Gasteiger partial charge in [0.05, 0.1) is 28.7 Å². The van der Waals surface area contributed by atoms with Crippen LogP contribution in [0.2, 0.25) is 0 Å². The fourth-order valence-corrected chi connectivity index (χ4v) is 3.41. The molecule has 0 saturated heterocycles. The van der Waals surface area contributed by atoms with Crippen molar-refractivity contribution in [2.75, 3.05) is 11.9 Å². The molecule has 0 aliphatic heterocycles. The highest BCUT2D eigenvalue weighted by Gasteiger charge is 2.22. The number of carbonyl (C=O) groups excluding carboxylic acids is 2. The molecule has 29 heavy (non-hydrogen) atoms. The predicted octanol–water partition coefficient (Wildman–Crippen LogP) is 2.87. The lowest BCUT2D eigenvalue weighted by atomic mass is 10.2. The number of hydrogen-bond acceptors (Lipinski definition) is 7. The highest BCUT2D eigenvalue weighted by Crippen LogP contribution is 2.20. The van der Waals surface area contributed by atoms with Crippen LogP contribution in [0.5, 0.6) is 0 Å². The lowest BCUT2D eigenvalue weighted by molar-refractivity contribution is 0.0518. The second-order valence-corrected chi connectivity index (χ2v) is 7.16. The number of nitrogens with one attached hydrogen (secondary N) is 1. The van der Waals surface area contributed by atoms with Crippen molar-refractivity contribution in [3.63, 3.8) is 0 Å². The number of anilines is 1. The van der Waals surface area contributed by atoms with Crippen molar-refractivity contribution in [1.82, 2.24) is 14.8 Å². The Bertz CT molecular complexity index is 1140. The zero-order valence-corrected chi connectivity index (χ0v) is 16.7. The molecule has 3 aromatic rings. The number of hydrogen-bond donors (Lipinski definition) is 1. The molecule has 2 aromatic heterocycles. The van der Waals surface area contributed by atoms with Gasteiger partial charge in [-0.05, 0) is 45.0 Å². The quantitative estimate of drug-likeness (QED) is 0.642. The van der Waals surface area contributed by atoms with Gasteiger partial charge in [0.25, 0.3) is 11.5 Å². The number of aromatic nitrogens is 3. The Balaban J connectivity index is 2.06. The first-order chi connectivity index (χ1) is 13.8. The van der Waals surface area contributed by atoms with E-state index < -0.39 is 23.3 Å². The molecule has 0 radical (unpaired) electrons. The summed E-state index contributed by atoms with van der Waals surface area (Å²) in [6.07, 6.45) is 0. The molecule has 0 aliphatic rings. The fourth-order valence-electron chi connectivity index (χ4n) is 2.59. The van der Waals surface area contributed by atoms with Gasteiger partial charge in [-0.25, -0.2) is 14.2 Å². The predicted molar refractivity (Wildman–Crippen MR) is 105 cm³/mol. The molecule has 1 N–H and O–H groups in total. The highest BCUT2D eigenvalue weighted by atomic mass is 32.1. The molecule has 3 rings (SSSR count). The minimum Gasteiger partial charge on any atom is -0.461 e. The lowest BCUT2D eigenvalue weighted by Crippen LogP contribution is -2.27. The zero-order valence-electron chi connectivity index (χ0n) is 15.9. The Kier molecular flexibility index (Phi) is 5.83. The summed E-state index contributed by atoms with van der Waals surface area (Å²) in [5.41, 5.74) is -0.147. The van der Waals surface area contributed by atoms with E-state index in [0.717, 1.165) is 22.9 Å². The standard InChI is InChI=1S/C19H17FN4O4S/c1-4-28-19(27)16-14(22-18(26)17-10(2)21-11(3)29-17)9-15(25)24(23-16)13-7-5-12(20)6-8-13/h5-9H,4H2,1-3H3,(H,22,26). The largest absolute Gasteiger partial charge is 0.461 e. The van der Waals surface area contributed by atoms with Gasteiger partial charge < -0.3 is 10.1 Å². The molecular weight excluding hydrogens is 399 g/mol. The molecule has 1 amide bonds. The maximum Gasteiger partial charge on any atom is 0.360 e. The Morgan fingerprint density at radius 1 is 1.24 bits per heavy atom. The van der Waals surface area contributed by atoms with Crippen molar-refractivity contribution < 1.29 is 18.7 Å². The number of ether oxygens (including phenoxy) is 1. The number of amides is 1. The van der Waals surface area contributed by atoms with E-state index in [-0.39, 0.29) is 23.7 Å². The Morgan fingerprint density at radius 2 is 1.93 bits per heavy atom. The number of halogens is 1. The van der Waals surface area contributed by atoms with Crippen molar-refractivity contribution >= 4 is 28.9 Å². The summed E-state index contributed by atoms with van der Waals surface area (Å²) in [5, 5.41) is 7.30. The van der Waals surface area contributed by atoms with Crippen molar-refractivity contribution in [2.45, 2.75) is 20.8 Å². The smallest absolute Gasteiger partial charge is 0.360 e. The maximum absolute atomic E-state index is 13.2. The van der Waals surface area contributed by atoms with E-state index in [4.69, 9.17) is 4.74 Å². The second kappa shape index (κ2) is 8.31. The van der Waals surface area contributed by atoms with Crippen LogP contribution >= 0.6 is 11.3 Å².